The van der Waals surface area contributed by atoms with Crippen molar-refractivity contribution in [1.82, 2.24) is 40.5 Å². The minimum atomic E-state index is -0.419. The Morgan fingerprint density at radius 2 is 1.69 bits per heavy atom. The summed E-state index contributed by atoms with van der Waals surface area (Å²) in [7, 11) is 2.17. The van der Waals surface area contributed by atoms with Gasteiger partial charge in [0.15, 0.2) is 0 Å². The topological polar surface area (TPSA) is 159 Å². The monoisotopic (exact) mass is 700 g/mol. The third-order valence-corrected chi connectivity index (χ3v) is 9.19. The smallest absolute Gasteiger partial charge is 0.231 e. The van der Waals surface area contributed by atoms with Crippen LogP contribution in [0.2, 0.25) is 0 Å². The molecule has 0 unspecified atom stereocenters. The van der Waals surface area contributed by atoms with E-state index in [2.05, 4.69) is 115 Å². The van der Waals surface area contributed by atoms with Gasteiger partial charge in [0.1, 0.15) is 11.6 Å². The van der Waals surface area contributed by atoms with Gasteiger partial charge in [-0.25, -0.2) is 4.98 Å². The number of rotatable bonds is 15. The number of hydrogen-bond donors (Lipinski definition) is 4. The van der Waals surface area contributed by atoms with Crippen molar-refractivity contribution in [2.45, 2.75) is 84.7 Å². The first kappa shape index (κ1) is 37.8. The lowest BCUT2D eigenvalue weighted by Crippen LogP contribution is -2.44. The van der Waals surface area contributed by atoms with E-state index >= 15 is 0 Å². The molecule has 1 fully saturated rings. The number of nitrogens with zero attached hydrogens (tertiary/aromatic N) is 6. The molecule has 1 saturated heterocycles. The lowest BCUT2D eigenvalue weighted by atomic mass is 9.78. The number of H-pyrrole nitrogens is 1. The van der Waals surface area contributed by atoms with Crippen LogP contribution in [0.4, 0.5) is 5.69 Å². The first-order valence-electron chi connectivity index (χ1n) is 18.1. The van der Waals surface area contributed by atoms with E-state index in [9.17, 15) is 9.59 Å². The number of primary amides is 1. The average Bonchev–Trinajstić information content (AvgIpc) is 3.71. The van der Waals surface area contributed by atoms with Crippen LogP contribution in [0.1, 0.15) is 77.6 Å². The quantitative estimate of drug-likeness (QED) is 0.134. The number of nitrogens with one attached hydrogen (secondary N) is 3. The number of carbonyl (C=O) groups is 2. The van der Waals surface area contributed by atoms with Gasteiger partial charge in [0.2, 0.25) is 11.8 Å². The summed E-state index contributed by atoms with van der Waals surface area (Å²) < 4.78 is 8.30. The van der Waals surface area contributed by atoms with E-state index in [1.807, 2.05) is 6.20 Å². The van der Waals surface area contributed by atoms with E-state index in [0.29, 0.717) is 39.1 Å². The number of aromatic amines is 1. The van der Waals surface area contributed by atoms with Crippen molar-refractivity contribution in [1.29, 1.82) is 0 Å². The van der Waals surface area contributed by atoms with Crippen molar-refractivity contribution in [3.8, 4) is 17.1 Å². The number of ether oxygens (including phenoxy) is 1. The van der Waals surface area contributed by atoms with E-state index in [0.717, 1.165) is 77.6 Å². The minimum Gasteiger partial charge on any atom is -0.493 e. The molecule has 1 aliphatic heterocycles. The first-order valence-corrected chi connectivity index (χ1v) is 18.1. The lowest BCUT2D eigenvalue weighted by molar-refractivity contribution is -0.121. The summed E-state index contributed by atoms with van der Waals surface area (Å²) in [5.74, 6) is 1.32. The summed E-state index contributed by atoms with van der Waals surface area (Å²) in [6, 6.07) is 11.0. The number of hydrogen-bond acceptors (Lipinski definition) is 9. The number of aryl methyl sites for hydroxylation is 1. The molecular formula is C38H56N10O3. The molecule has 2 amide bonds. The van der Waals surface area contributed by atoms with Gasteiger partial charge in [-0.2, -0.15) is 0 Å². The number of fused-ring (bicyclic) bond motifs is 1. The Morgan fingerprint density at radius 1 is 0.980 bits per heavy atom. The van der Waals surface area contributed by atoms with Crippen LogP contribution in [0.3, 0.4) is 0 Å². The molecule has 5 N–H and O–H groups in total. The van der Waals surface area contributed by atoms with Crippen LogP contribution < -0.4 is 26.0 Å². The summed E-state index contributed by atoms with van der Waals surface area (Å²) in [6.45, 7) is 19.5. The zero-order valence-corrected chi connectivity index (χ0v) is 31.4. The molecule has 2 aromatic heterocycles. The number of benzene rings is 2. The molecule has 51 heavy (non-hydrogen) atoms. The molecule has 4 aromatic rings. The third kappa shape index (κ3) is 10.3. The molecule has 0 aliphatic carbocycles. The maximum atomic E-state index is 12.6. The van der Waals surface area contributed by atoms with Gasteiger partial charge in [0, 0.05) is 80.8 Å². The molecule has 13 heteroatoms. The van der Waals surface area contributed by atoms with E-state index < -0.39 is 5.91 Å². The summed E-state index contributed by atoms with van der Waals surface area (Å²) in [5.41, 5.74) is 12.0. The maximum Gasteiger partial charge on any atom is 0.231 e. The Kier molecular flexibility index (Phi) is 12.0. The molecule has 1 aliphatic rings. The van der Waals surface area contributed by atoms with Gasteiger partial charge < -0.3 is 35.9 Å². The van der Waals surface area contributed by atoms with Gasteiger partial charge in [-0.15, -0.1) is 5.10 Å². The van der Waals surface area contributed by atoms with Gasteiger partial charge in [-0.05, 0) is 61.1 Å². The van der Waals surface area contributed by atoms with E-state index in [-0.39, 0.29) is 23.3 Å². The highest BCUT2D eigenvalue weighted by Crippen LogP contribution is 2.43. The Morgan fingerprint density at radius 3 is 2.35 bits per heavy atom. The number of amides is 2. The predicted octanol–water partition coefficient (Wildman–Crippen LogP) is 4.11. The second-order valence-corrected chi connectivity index (χ2v) is 15.7. The van der Waals surface area contributed by atoms with Crippen LogP contribution in [-0.4, -0.2) is 94.6 Å². The second kappa shape index (κ2) is 16.2. The molecule has 0 saturated carbocycles. The lowest BCUT2D eigenvalue weighted by Gasteiger charge is -2.34. The molecule has 0 atom stereocenters. The number of anilines is 1. The fraction of sp³-hybridized carbons (Fsp3) is 0.553. The Labute approximate surface area is 301 Å². The highest BCUT2D eigenvalue weighted by Gasteiger charge is 2.29. The van der Waals surface area contributed by atoms with Crippen LogP contribution >= 0.6 is 0 Å². The van der Waals surface area contributed by atoms with Gasteiger partial charge >= 0.3 is 0 Å². The van der Waals surface area contributed by atoms with Gasteiger partial charge in [-0.1, -0.05) is 46.8 Å². The molecule has 0 spiro atoms. The van der Waals surface area contributed by atoms with E-state index in [1.54, 1.807) is 4.68 Å². The Balaban J connectivity index is 1.20. The molecule has 0 bridgehead atoms. The van der Waals surface area contributed by atoms with Crippen LogP contribution in [0.25, 0.3) is 22.4 Å². The standard InChI is InChI=1S/C38H56N10O3/c1-37(2,3)29-20-26(36-42-31-12-11-28(22-32(31)43-36)47-17-15-46(7)16-18-47)21-30(38(4,5)6)35(29)51-19-8-10-34(50)41-13-9-14-48-25-27(44-45-48)23-40-24-33(39)49/h11-12,20-22,25,40H,8-10,13-19,23-24H2,1-7H3,(H2,39,49)(H,41,50)(H,42,43). The molecule has 3 heterocycles. The van der Waals surface area contributed by atoms with Crippen molar-refractivity contribution in [2.75, 3.05) is 57.8 Å². The predicted molar refractivity (Wildman–Crippen MR) is 202 cm³/mol. The third-order valence-electron chi connectivity index (χ3n) is 9.19. The van der Waals surface area contributed by atoms with Crippen molar-refractivity contribution < 1.29 is 14.3 Å². The summed E-state index contributed by atoms with van der Waals surface area (Å²) in [6.07, 6.45) is 3.52. The number of imidazole rings is 1. The SMILES string of the molecule is CN1CCN(c2ccc3[nH]c(-c4cc(C(C)(C)C)c(OCCCC(=O)NCCCn5cc(CNCC(N)=O)nn5)c(C(C)(C)C)c4)nc3c2)CC1. The van der Waals surface area contributed by atoms with Gasteiger partial charge in [0.05, 0.1) is 29.9 Å². The number of piperazine rings is 1. The molecule has 0 radical (unpaired) electrons. The van der Waals surface area contributed by atoms with Crippen molar-refractivity contribution >= 4 is 28.5 Å². The molecule has 5 rings (SSSR count). The maximum absolute atomic E-state index is 12.6. The fourth-order valence-electron chi connectivity index (χ4n) is 6.23. The molecule has 2 aromatic carbocycles. The molecule has 13 nitrogen and oxygen atoms in total. The van der Waals surface area contributed by atoms with Crippen molar-refractivity contribution in [2.24, 2.45) is 5.73 Å². The van der Waals surface area contributed by atoms with Crippen LogP contribution in [0.5, 0.6) is 5.75 Å². The van der Waals surface area contributed by atoms with Crippen LogP contribution in [-0.2, 0) is 33.5 Å². The van der Waals surface area contributed by atoms with Crippen LogP contribution in [0.15, 0.2) is 36.5 Å². The normalized spacial score (nSPS) is 14.3. The Bertz CT molecular complexity index is 1760. The largest absolute Gasteiger partial charge is 0.493 e. The zero-order chi connectivity index (χ0) is 36.8. The Hall–Kier alpha value is -4.49. The first-order chi connectivity index (χ1) is 24.2. The van der Waals surface area contributed by atoms with Crippen molar-refractivity contribution in [3.63, 3.8) is 0 Å². The minimum absolute atomic E-state index is 0.00312. The summed E-state index contributed by atoms with van der Waals surface area (Å²) in [4.78, 5) is 37.0. The molecular weight excluding hydrogens is 644 g/mol. The van der Waals surface area contributed by atoms with Gasteiger partial charge in [-0.3, -0.25) is 14.3 Å². The van der Waals surface area contributed by atoms with Gasteiger partial charge in [0.25, 0.3) is 0 Å². The number of carbonyl (C=O) groups excluding carboxylic acids is 2. The fourth-order valence-corrected chi connectivity index (χ4v) is 6.23. The highest BCUT2D eigenvalue weighted by molar-refractivity contribution is 5.83. The average molecular weight is 701 g/mol. The number of nitrogens with two attached hydrogens (primary N) is 1. The number of likely N-dealkylation sites (N-methyl/N-ethyl adjacent to an activating group) is 1. The number of aromatic nitrogens is 5. The highest BCUT2D eigenvalue weighted by atomic mass is 16.5. The van der Waals surface area contributed by atoms with E-state index in [4.69, 9.17) is 15.5 Å². The zero-order valence-electron chi connectivity index (χ0n) is 31.4. The van der Waals surface area contributed by atoms with Crippen LogP contribution in [0, 0.1) is 0 Å². The summed E-state index contributed by atoms with van der Waals surface area (Å²) in [5, 5.41) is 14.1. The van der Waals surface area contributed by atoms with E-state index in [1.165, 1.54) is 5.69 Å². The van der Waals surface area contributed by atoms with Crippen molar-refractivity contribution in [3.05, 3.63) is 53.3 Å². The summed E-state index contributed by atoms with van der Waals surface area (Å²) >= 11 is 0. The molecule has 276 valence electrons. The second-order valence-electron chi connectivity index (χ2n) is 15.7.